The van der Waals surface area contributed by atoms with Crippen molar-refractivity contribution in [2.75, 3.05) is 13.2 Å². The summed E-state index contributed by atoms with van der Waals surface area (Å²) in [4.78, 5) is 11.8. The van der Waals surface area contributed by atoms with Crippen LogP contribution in [0, 0.1) is 11.3 Å². The first kappa shape index (κ1) is 13.5. The van der Waals surface area contributed by atoms with Gasteiger partial charge in [0.25, 0.3) is 0 Å². The fourth-order valence-corrected chi connectivity index (χ4v) is 1.91. The molecule has 2 unspecified atom stereocenters. The summed E-state index contributed by atoms with van der Waals surface area (Å²) in [7, 11) is 0. The van der Waals surface area contributed by atoms with Crippen LogP contribution in [0.5, 0.6) is 0 Å². The molecule has 0 radical (unpaired) electrons. The molecule has 0 amide bonds. The number of ether oxygens (including phenoxy) is 1. The predicted octanol–water partition coefficient (Wildman–Crippen LogP) is 2.35. The highest BCUT2D eigenvalue weighted by Gasteiger charge is 2.28. The van der Waals surface area contributed by atoms with Crippen molar-refractivity contribution < 1.29 is 9.53 Å². The number of carbonyl (C=O) groups excluding carboxylic acids is 1. The maximum Gasteiger partial charge on any atom is 0.323 e. The van der Waals surface area contributed by atoms with Crippen molar-refractivity contribution in [3.63, 3.8) is 0 Å². The summed E-state index contributed by atoms with van der Waals surface area (Å²) < 4.78 is 5.33. The van der Waals surface area contributed by atoms with Gasteiger partial charge in [0.1, 0.15) is 6.04 Å². The van der Waals surface area contributed by atoms with Gasteiger partial charge in [0, 0.05) is 0 Å². The van der Waals surface area contributed by atoms with E-state index in [1.54, 1.807) is 0 Å². The van der Waals surface area contributed by atoms with Crippen LogP contribution in [0.3, 0.4) is 0 Å². The topological polar surface area (TPSA) is 38.3 Å². The Kier molecular flexibility index (Phi) is 4.78. The number of esters is 1. The van der Waals surface area contributed by atoms with Crippen molar-refractivity contribution in [2.45, 2.75) is 53.0 Å². The second-order valence-electron chi connectivity index (χ2n) is 6.03. The van der Waals surface area contributed by atoms with Crippen molar-refractivity contribution >= 4 is 5.97 Å². The summed E-state index contributed by atoms with van der Waals surface area (Å²) in [6, 6.07) is -0.0891. The molecular weight excluding hydrogens is 202 g/mol. The molecule has 1 aliphatic rings. The molecule has 94 valence electrons. The summed E-state index contributed by atoms with van der Waals surface area (Å²) in [6.07, 6.45) is 3.19. The third kappa shape index (κ3) is 4.52. The van der Waals surface area contributed by atoms with E-state index >= 15 is 0 Å². The van der Waals surface area contributed by atoms with Crippen LogP contribution >= 0.6 is 0 Å². The highest BCUT2D eigenvalue weighted by Crippen LogP contribution is 2.20. The molecule has 16 heavy (non-hydrogen) atoms. The Balaban J connectivity index is 2.29. The van der Waals surface area contributed by atoms with Gasteiger partial charge in [0.2, 0.25) is 0 Å². The average Bonchev–Trinajstić information content (AvgIpc) is 2.16. The molecule has 1 N–H and O–H groups in total. The molecule has 0 aromatic rings. The minimum absolute atomic E-state index is 0.0727. The van der Waals surface area contributed by atoms with E-state index < -0.39 is 0 Å². The highest BCUT2D eigenvalue weighted by atomic mass is 16.5. The summed E-state index contributed by atoms with van der Waals surface area (Å²) in [5, 5.41) is 3.24. The van der Waals surface area contributed by atoms with Gasteiger partial charge in [-0.25, -0.2) is 0 Å². The summed E-state index contributed by atoms with van der Waals surface area (Å²) in [6.45, 7) is 10.0. The molecule has 1 aliphatic heterocycles. The molecular formula is C13H25NO2. The Labute approximate surface area is 98.9 Å². The van der Waals surface area contributed by atoms with Crippen LogP contribution in [-0.4, -0.2) is 25.2 Å². The Morgan fingerprint density at radius 3 is 2.69 bits per heavy atom. The Morgan fingerprint density at radius 1 is 1.44 bits per heavy atom. The van der Waals surface area contributed by atoms with E-state index in [1.165, 1.54) is 0 Å². The third-order valence-corrected chi connectivity index (χ3v) is 3.12. The van der Waals surface area contributed by atoms with E-state index in [9.17, 15) is 4.79 Å². The number of carbonyl (C=O) groups is 1. The smallest absolute Gasteiger partial charge is 0.323 e. The lowest BCUT2D eigenvalue weighted by Gasteiger charge is -2.28. The minimum Gasteiger partial charge on any atom is -0.464 e. The fourth-order valence-electron chi connectivity index (χ4n) is 1.91. The molecule has 1 saturated heterocycles. The summed E-state index contributed by atoms with van der Waals surface area (Å²) in [5.74, 6) is 0.326. The standard InChI is InChI=1S/C13H25NO2/c1-10-6-5-8-14-11(10)12(15)16-9-7-13(2,3)4/h10-11,14H,5-9H2,1-4H3. The Morgan fingerprint density at radius 2 is 2.12 bits per heavy atom. The lowest BCUT2D eigenvalue weighted by atomic mass is 9.92. The van der Waals surface area contributed by atoms with Crippen LogP contribution in [0.25, 0.3) is 0 Å². The monoisotopic (exact) mass is 227 g/mol. The molecule has 2 atom stereocenters. The van der Waals surface area contributed by atoms with E-state index in [1.807, 2.05) is 0 Å². The van der Waals surface area contributed by atoms with Crippen LogP contribution < -0.4 is 5.32 Å². The van der Waals surface area contributed by atoms with Crippen LogP contribution in [0.1, 0.15) is 47.0 Å². The second kappa shape index (κ2) is 5.67. The molecule has 0 saturated carbocycles. The molecule has 0 aromatic carbocycles. The van der Waals surface area contributed by atoms with Gasteiger partial charge in [-0.2, -0.15) is 0 Å². The normalized spacial score (nSPS) is 26.5. The second-order valence-corrected chi connectivity index (χ2v) is 6.03. The van der Waals surface area contributed by atoms with Gasteiger partial charge in [-0.1, -0.05) is 27.7 Å². The Hall–Kier alpha value is -0.570. The first-order valence-corrected chi connectivity index (χ1v) is 6.30. The van der Waals surface area contributed by atoms with E-state index in [-0.39, 0.29) is 17.4 Å². The van der Waals surface area contributed by atoms with Crippen LogP contribution in [0.15, 0.2) is 0 Å². The van der Waals surface area contributed by atoms with Gasteiger partial charge in [-0.05, 0) is 37.1 Å². The SMILES string of the molecule is CC1CCCNC1C(=O)OCCC(C)(C)C. The van der Waals surface area contributed by atoms with Crippen molar-refractivity contribution in [3.05, 3.63) is 0 Å². The number of rotatable bonds is 3. The summed E-state index contributed by atoms with van der Waals surface area (Å²) >= 11 is 0. The van der Waals surface area contributed by atoms with Crippen molar-refractivity contribution in [2.24, 2.45) is 11.3 Å². The molecule has 0 spiro atoms. The zero-order chi connectivity index (χ0) is 12.2. The third-order valence-electron chi connectivity index (χ3n) is 3.12. The number of hydrogen-bond acceptors (Lipinski definition) is 3. The molecule has 0 aromatic heterocycles. The van der Waals surface area contributed by atoms with Gasteiger partial charge in [0.15, 0.2) is 0 Å². The molecule has 3 heteroatoms. The van der Waals surface area contributed by atoms with Crippen molar-refractivity contribution in [1.82, 2.24) is 5.32 Å². The molecule has 1 rings (SSSR count). The maximum absolute atomic E-state index is 11.8. The first-order chi connectivity index (χ1) is 7.40. The van der Waals surface area contributed by atoms with Crippen LogP contribution in [-0.2, 0) is 9.53 Å². The van der Waals surface area contributed by atoms with Gasteiger partial charge in [0.05, 0.1) is 6.61 Å². The zero-order valence-electron chi connectivity index (χ0n) is 11.0. The Bertz CT molecular complexity index is 233. The molecule has 0 aliphatic carbocycles. The largest absolute Gasteiger partial charge is 0.464 e. The number of piperidine rings is 1. The quantitative estimate of drug-likeness (QED) is 0.752. The lowest BCUT2D eigenvalue weighted by molar-refractivity contribution is -0.148. The molecule has 3 nitrogen and oxygen atoms in total. The molecule has 0 bridgehead atoms. The van der Waals surface area contributed by atoms with Gasteiger partial charge in [-0.15, -0.1) is 0 Å². The molecule has 1 heterocycles. The van der Waals surface area contributed by atoms with E-state index in [2.05, 4.69) is 33.0 Å². The van der Waals surface area contributed by atoms with Gasteiger partial charge < -0.3 is 10.1 Å². The highest BCUT2D eigenvalue weighted by molar-refractivity contribution is 5.76. The predicted molar refractivity (Wildman–Crippen MR) is 65.2 cm³/mol. The first-order valence-electron chi connectivity index (χ1n) is 6.30. The fraction of sp³-hybridized carbons (Fsp3) is 0.923. The lowest BCUT2D eigenvalue weighted by Crippen LogP contribution is -2.46. The number of nitrogens with one attached hydrogen (secondary N) is 1. The van der Waals surface area contributed by atoms with Crippen LogP contribution in [0.4, 0.5) is 0 Å². The zero-order valence-corrected chi connectivity index (χ0v) is 11.0. The maximum atomic E-state index is 11.8. The average molecular weight is 227 g/mol. The molecule has 1 fully saturated rings. The van der Waals surface area contributed by atoms with E-state index in [0.29, 0.717) is 12.5 Å². The minimum atomic E-state index is -0.0891. The number of hydrogen-bond donors (Lipinski definition) is 1. The van der Waals surface area contributed by atoms with Gasteiger partial charge in [-0.3, -0.25) is 4.79 Å². The van der Waals surface area contributed by atoms with Crippen molar-refractivity contribution in [3.8, 4) is 0 Å². The van der Waals surface area contributed by atoms with Gasteiger partial charge >= 0.3 is 5.97 Å². The van der Waals surface area contributed by atoms with Crippen molar-refractivity contribution in [1.29, 1.82) is 0 Å². The summed E-state index contributed by atoms with van der Waals surface area (Å²) in [5.41, 5.74) is 0.228. The van der Waals surface area contributed by atoms with E-state index in [0.717, 1.165) is 25.8 Å². The van der Waals surface area contributed by atoms with E-state index in [4.69, 9.17) is 4.74 Å². The van der Waals surface area contributed by atoms with Crippen LogP contribution in [0.2, 0.25) is 0 Å².